The van der Waals surface area contributed by atoms with Gasteiger partial charge in [-0.2, -0.15) is 0 Å². The smallest absolute Gasteiger partial charge is 0.407 e. The summed E-state index contributed by atoms with van der Waals surface area (Å²) in [6.07, 6.45) is 2.76. The molecule has 0 bridgehead atoms. The Morgan fingerprint density at radius 2 is 1.57 bits per heavy atom. The summed E-state index contributed by atoms with van der Waals surface area (Å²) in [6.45, 7) is 2.79. The predicted octanol–water partition coefficient (Wildman–Crippen LogP) is 4.26. The van der Waals surface area contributed by atoms with Gasteiger partial charge >= 0.3 is 12.1 Å². The molecule has 35 heavy (non-hydrogen) atoms. The van der Waals surface area contributed by atoms with Crippen molar-refractivity contribution in [3.8, 4) is 11.1 Å². The molecule has 1 saturated carbocycles. The molecule has 0 aromatic heterocycles. The molecule has 2 aromatic carbocycles. The van der Waals surface area contributed by atoms with Crippen LogP contribution in [0.5, 0.6) is 0 Å². The van der Waals surface area contributed by atoms with E-state index in [1.807, 2.05) is 31.2 Å². The van der Waals surface area contributed by atoms with Gasteiger partial charge in [-0.15, -0.1) is 0 Å². The van der Waals surface area contributed by atoms with Crippen molar-refractivity contribution in [2.45, 2.75) is 44.6 Å². The summed E-state index contributed by atoms with van der Waals surface area (Å²) >= 11 is 0. The molecule has 7 nitrogen and oxygen atoms in total. The van der Waals surface area contributed by atoms with Gasteiger partial charge in [-0.25, -0.2) is 4.79 Å². The van der Waals surface area contributed by atoms with Crippen LogP contribution in [0.2, 0.25) is 0 Å². The largest absolute Gasteiger partial charge is 0.481 e. The molecular weight excluding hydrogens is 444 g/mol. The first-order valence-electron chi connectivity index (χ1n) is 12.6. The summed E-state index contributed by atoms with van der Waals surface area (Å²) in [6, 6.07) is 16.1. The molecule has 2 aliphatic carbocycles. The average molecular weight is 477 g/mol. The number of carboxylic acids is 1. The van der Waals surface area contributed by atoms with Crippen molar-refractivity contribution in [3.63, 3.8) is 0 Å². The number of benzene rings is 2. The number of fused-ring (bicyclic) bond motifs is 3. The molecule has 7 heteroatoms. The fourth-order valence-electron chi connectivity index (χ4n) is 6.09. The van der Waals surface area contributed by atoms with E-state index in [4.69, 9.17) is 4.74 Å². The summed E-state index contributed by atoms with van der Waals surface area (Å²) in [5, 5.41) is 12.4. The first kappa shape index (κ1) is 23.4. The lowest BCUT2D eigenvalue weighted by atomic mass is 9.83. The normalized spacial score (nSPS) is 25.6. The van der Waals surface area contributed by atoms with E-state index in [2.05, 4.69) is 29.6 Å². The van der Waals surface area contributed by atoms with Gasteiger partial charge in [0.15, 0.2) is 0 Å². The standard InChI is InChI=1S/C28H32N2O5/c1-17-14-30(15-23(17)27(32)33)26(31)22-12-6-7-13-25(22)29-28(34)35-16-24-20-10-4-2-8-18(20)19-9-3-5-11-21(19)24/h2-5,8-11,17,22-25H,6-7,12-16H2,1H3,(H,29,34)(H,32,33)/t17-,22+,23-,25-/m1/s1. The number of alkyl carbamates (subject to hydrolysis) is 1. The molecule has 0 unspecified atom stereocenters. The van der Waals surface area contributed by atoms with Crippen molar-refractivity contribution < 1.29 is 24.2 Å². The Labute approximate surface area is 205 Å². The number of carboxylic acid groups (broad SMARTS) is 1. The Morgan fingerprint density at radius 1 is 0.943 bits per heavy atom. The van der Waals surface area contributed by atoms with Crippen LogP contribution in [0.25, 0.3) is 11.1 Å². The fourth-order valence-corrected chi connectivity index (χ4v) is 6.09. The molecule has 4 atom stereocenters. The zero-order valence-corrected chi connectivity index (χ0v) is 20.0. The fraction of sp³-hybridized carbons (Fsp3) is 0.464. The van der Waals surface area contributed by atoms with Crippen LogP contribution in [0.15, 0.2) is 48.5 Å². The Morgan fingerprint density at radius 3 is 2.20 bits per heavy atom. The van der Waals surface area contributed by atoms with E-state index >= 15 is 0 Å². The van der Waals surface area contributed by atoms with Gasteiger partial charge in [0.25, 0.3) is 0 Å². The molecule has 1 heterocycles. The highest BCUT2D eigenvalue weighted by Gasteiger charge is 2.42. The van der Waals surface area contributed by atoms with E-state index in [1.165, 1.54) is 11.1 Å². The minimum absolute atomic E-state index is 0.0176. The number of nitrogens with zero attached hydrogens (tertiary/aromatic N) is 1. The lowest BCUT2D eigenvalue weighted by Crippen LogP contribution is -2.49. The quantitative estimate of drug-likeness (QED) is 0.672. The highest BCUT2D eigenvalue weighted by atomic mass is 16.5. The Balaban J connectivity index is 1.22. The van der Waals surface area contributed by atoms with E-state index in [0.29, 0.717) is 19.4 Å². The monoisotopic (exact) mass is 476 g/mol. The molecule has 2 N–H and O–H groups in total. The third-order valence-corrected chi connectivity index (χ3v) is 7.97. The highest BCUT2D eigenvalue weighted by Crippen LogP contribution is 2.44. The number of amides is 2. The van der Waals surface area contributed by atoms with Crippen molar-refractivity contribution in [1.29, 1.82) is 0 Å². The summed E-state index contributed by atoms with van der Waals surface area (Å²) in [5.41, 5.74) is 4.66. The number of nitrogens with one attached hydrogen (secondary N) is 1. The molecule has 0 radical (unpaired) electrons. The topological polar surface area (TPSA) is 95.9 Å². The van der Waals surface area contributed by atoms with Gasteiger partial charge in [0.05, 0.1) is 11.8 Å². The maximum Gasteiger partial charge on any atom is 0.407 e. The number of likely N-dealkylation sites (tertiary alicyclic amines) is 1. The van der Waals surface area contributed by atoms with Crippen molar-refractivity contribution in [2.75, 3.05) is 19.7 Å². The second kappa shape index (κ2) is 9.72. The number of ether oxygens (including phenoxy) is 1. The Bertz CT molecular complexity index is 1090. The predicted molar refractivity (Wildman–Crippen MR) is 131 cm³/mol. The molecule has 2 fully saturated rings. The van der Waals surface area contributed by atoms with Crippen LogP contribution in [-0.4, -0.2) is 53.7 Å². The van der Waals surface area contributed by atoms with E-state index in [9.17, 15) is 19.5 Å². The summed E-state index contributed by atoms with van der Waals surface area (Å²) < 4.78 is 5.71. The zero-order valence-electron chi connectivity index (χ0n) is 20.0. The molecule has 3 aliphatic rings. The van der Waals surface area contributed by atoms with Gasteiger partial charge in [-0.05, 0) is 41.0 Å². The van der Waals surface area contributed by atoms with E-state index in [0.717, 1.165) is 24.0 Å². The van der Waals surface area contributed by atoms with Crippen molar-refractivity contribution in [3.05, 3.63) is 59.7 Å². The second-order valence-electron chi connectivity index (χ2n) is 10.1. The second-order valence-corrected chi connectivity index (χ2v) is 10.1. The summed E-state index contributed by atoms with van der Waals surface area (Å²) in [7, 11) is 0. The molecule has 1 aliphatic heterocycles. The minimum atomic E-state index is -0.857. The van der Waals surface area contributed by atoms with Gasteiger partial charge in [0.2, 0.25) is 5.91 Å². The van der Waals surface area contributed by atoms with Gasteiger partial charge < -0.3 is 20.1 Å². The van der Waals surface area contributed by atoms with Gasteiger partial charge in [0, 0.05) is 25.0 Å². The maximum atomic E-state index is 13.3. The first-order chi connectivity index (χ1) is 16.9. The van der Waals surface area contributed by atoms with Crippen molar-refractivity contribution >= 4 is 18.0 Å². The SMILES string of the molecule is C[C@@H]1CN(C(=O)[C@H]2CCCC[C@H]2NC(=O)OCC2c3ccccc3-c3ccccc32)C[C@H]1C(=O)O. The number of carbonyl (C=O) groups excluding carboxylic acids is 2. The minimum Gasteiger partial charge on any atom is -0.481 e. The third-order valence-electron chi connectivity index (χ3n) is 7.97. The maximum absolute atomic E-state index is 13.3. The van der Waals surface area contributed by atoms with E-state index in [-0.39, 0.29) is 42.9 Å². The third kappa shape index (κ3) is 4.51. The van der Waals surface area contributed by atoms with Crippen LogP contribution in [0.1, 0.15) is 49.7 Å². The van der Waals surface area contributed by atoms with Crippen LogP contribution < -0.4 is 5.32 Å². The van der Waals surface area contributed by atoms with Crippen LogP contribution in [0.3, 0.4) is 0 Å². The zero-order chi connectivity index (χ0) is 24.5. The highest BCUT2D eigenvalue weighted by molar-refractivity contribution is 5.83. The van der Waals surface area contributed by atoms with Crippen LogP contribution in [0.4, 0.5) is 4.79 Å². The molecular formula is C28H32N2O5. The van der Waals surface area contributed by atoms with Gasteiger partial charge in [0.1, 0.15) is 6.61 Å². The number of aliphatic carboxylic acids is 1. The van der Waals surface area contributed by atoms with Crippen LogP contribution >= 0.6 is 0 Å². The molecule has 1 saturated heterocycles. The molecule has 184 valence electrons. The molecule has 5 rings (SSSR count). The van der Waals surface area contributed by atoms with Gasteiger partial charge in [-0.3, -0.25) is 9.59 Å². The Hall–Kier alpha value is -3.35. The van der Waals surface area contributed by atoms with Crippen molar-refractivity contribution in [2.24, 2.45) is 17.8 Å². The number of rotatable bonds is 5. The lowest BCUT2D eigenvalue weighted by Gasteiger charge is -2.33. The summed E-state index contributed by atoms with van der Waals surface area (Å²) in [5.74, 6) is -1.88. The number of carbonyl (C=O) groups is 3. The molecule has 2 aromatic rings. The van der Waals surface area contributed by atoms with Crippen LogP contribution in [0, 0.1) is 17.8 Å². The van der Waals surface area contributed by atoms with Gasteiger partial charge in [-0.1, -0.05) is 68.3 Å². The van der Waals surface area contributed by atoms with Crippen molar-refractivity contribution in [1.82, 2.24) is 10.2 Å². The van der Waals surface area contributed by atoms with E-state index < -0.39 is 18.0 Å². The Kier molecular flexibility index (Phi) is 6.50. The number of hydrogen-bond acceptors (Lipinski definition) is 4. The van der Waals surface area contributed by atoms with Crippen LogP contribution in [-0.2, 0) is 14.3 Å². The first-order valence-corrected chi connectivity index (χ1v) is 12.6. The lowest BCUT2D eigenvalue weighted by molar-refractivity contribution is -0.142. The molecule has 0 spiro atoms. The average Bonchev–Trinajstić information content (AvgIpc) is 3.41. The molecule has 2 amide bonds. The number of hydrogen-bond donors (Lipinski definition) is 2. The summed E-state index contributed by atoms with van der Waals surface area (Å²) in [4.78, 5) is 39.3. The van der Waals surface area contributed by atoms with E-state index in [1.54, 1.807) is 4.90 Å².